The van der Waals surface area contributed by atoms with Crippen molar-refractivity contribution in [2.45, 2.75) is 25.5 Å². The number of carbonyl (C=O) groups is 1. The van der Waals surface area contributed by atoms with Crippen LogP contribution < -0.4 is 0 Å². The van der Waals surface area contributed by atoms with Gasteiger partial charge in [-0.1, -0.05) is 31.6 Å². The highest BCUT2D eigenvalue weighted by Crippen LogP contribution is 2.43. The number of hydrogen-bond acceptors (Lipinski definition) is 5. The summed E-state index contributed by atoms with van der Waals surface area (Å²) in [5.74, 6) is 0. The summed E-state index contributed by atoms with van der Waals surface area (Å²) in [5.41, 5.74) is 0. The molecule has 0 amide bonds. The molecule has 0 saturated carbocycles. The van der Waals surface area contributed by atoms with E-state index >= 15 is 0 Å². The van der Waals surface area contributed by atoms with E-state index in [2.05, 4.69) is 25.5 Å². The molecule has 0 saturated heterocycles. The van der Waals surface area contributed by atoms with Gasteiger partial charge in [0.05, 0.1) is 7.11 Å². The van der Waals surface area contributed by atoms with Crippen molar-refractivity contribution in [3.63, 3.8) is 0 Å². The van der Waals surface area contributed by atoms with Crippen molar-refractivity contribution in [2.24, 2.45) is 0 Å². The molecule has 5 heteroatoms. The molecule has 11 heavy (non-hydrogen) atoms. The van der Waals surface area contributed by atoms with E-state index in [4.69, 9.17) is 0 Å². The Bertz CT molecular complexity index is 130. The van der Waals surface area contributed by atoms with Crippen LogP contribution in [0, 0.1) is 0 Å². The third-order valence-electron chi connectivity index (χ3n) is 0.553. The van der Waals surface area contributed by atoms with Crippen molar-refractivity contribution in [1.82, 2.24) is 0 Å². The Morgan fingerprint density at radius 3 is 2.27 bits per heavy atom. The van der Waals surface area contributed by atoms with Gasteiger partial charge in [0, 0.05) is 15.5 Å². The normalized spacial score (nSPS) is 11.3. The maximum absolute atomic E-state index is 10.6. The predicted molar refractivity (Wildman–Crippen MR) is 54.9 cm³/mol. The molecule has 0 atom stereocenters. The predicted octanol–water partition coefficient (Wildman–Crippen LogP) is 3.58. The first-order valence-electron chi connectivity index (χ1n) is 3.06. The maximum atomic E-state index is 10.6. The van der Waals surface area contributed by atoms with Gasteiger partial charge in [-0.15, -0.1) is 0 Å². The summed E-state index contributed by atoms with van der Waals surface area (Å²) in [6.07, 6.45) is 0. The molecule has 0 rings (SSSR count). The molecule has 66 valence electrons. The molecule has 0 fully saturated rings. The molecule has 0 aliphatic rings. The molecule has 0 aromatic carbocycles. The molecule has 0 unspecified atom stereocenters. The molecule has 0 heterocycles. The van der Waals surface area contributed by atoms with Gasteiger partial charge in [-0.25, -0.2) is 4.79 Å². The molecular formula is C6H12O2S3. The maximum Gasteiger partial charge on any atom is 0.378 e. The first-order valence-corrected chi connectivity index (χ1v) is 6.54. The number of hydrogen-bond donors (Lipinski definition) is 0. The highest BCUT2D eigenvalue weighted by Gasteiger charge is 2.12. The zero-order chi connectivity index (χ0) is 8.91. The van der Waals surface area contributed by atoms with Gasteiger partial charge < -0.3 is 4.74 Å². The number of methoxy groups -OCH3 is 1. The number of carbonyl (C=O) groups excluding carboxylic acids is 1. The Balaban J connectivity index is 3.35. The third-order valence-corrected chi connectivity index (χ3v) is 5.03. The lowest BCUT2D eigenvalue weighted by Gasteiger charge is -2.14. The quantitative estimate of drug-likeness (QED) is 0.515. The van der Waals surface area contributed by atoms with Crippen LogP contribution in [-0.4, -0.2) is 17.2 Å². The Hall–Kier alpha value is 0.520. The first kappa shape index (κ1) is 11.5. The van der Waals surface area contributed by atoms with Gasteiger partial charge in [0.25, 0.3) is 0 Å². The minimum absolute atomic E-state index is 0.186. The second-order valence-corrected chi connectivity index (χ2v) is 7.46. The zero-order valence-corrected chi connectivity index (χ0v) is 9.49. The lowest BCUT2D eigenvalue weighted by Crippen LogP contribution is -2.04. The Kier molecular flexibility index (Phi) is 5.46. The van der Waals surface area contributed by atoms with Crippen LogP contribution in [0.5, 0.6) is 0 Å². The van der Waals surface area contributed by atoms with E-state index in [0.717, 1.165) is 10.8 Å². The van der Waals surface area contributed by atoms with E-state index in [-0.39, 0.29) is 10.0 Å². The van der Waals surface area contributed by atoms with Gasteiger partial charge in [-0.3, -0.25) is 0 Å². The summed E-state index contributed by atoms with van der Waals surface area (Å²) in [6.45, 7) is 6.30. The second kappa shape index (κ2) is 5.22. The van der Waals surface area contributed by atoms with Gasteiger partial charge >= 0.3 is 5.30 Å². The van der Waals surface area contributed by atoms with Crippen molar-refractivity contribution < 1.29 is 9.53 Å². The lowest BCUT2D eigenvalue weighted by atomic mass is 10.3. The minimum Gasteiger partial charge on any atom is -0.460 e. The summed E-state index contributed by atoms with van der Waals surface area (Å²) in [7, 11) is 5.62. The van der Waals surface area contributed by atoms with Crippen molar-refractivity contribution in [2.75, 3.05) is 7.11 Å². The second-order valence-electron chi connectivity index (χ2n) is 2.80. The van der Waals surface area contributed by atoms with Crippen LogP contribution >= 0.6 is 31.4 Å². The standard InChI is InChI=1S/C6H12O2S3/c1-6(2,3)10-11-9-5(7)8-4/h1-4H3. The van der Waals surface area contributed by atoms with Crippen LogP contribution in [0.25, 0.3) is 0 Å². The zero-order valence-electron chi connectivity index (χ0n) is 7.04. The lowest BCUT2D eigenvalue weighted by molar-refractivity contribution is 0.200. The molecule has 0 aliphatic heterocycles. The van der Waals surface area contributed by atoms with E-state index in [0.29, 0.717) is 0 Å². The van der Waals surface area contributed by atoms with Crippen LogP contribution in [0.3, 0.4) is 0 Å². The molecular weight excluding hydrogens is 200 g/mol. The summed E-state index contributed by atoms with van der Waals surface area (Å²) in [4.78, 5) is 10.6. The van der Waals surface area contributed by atoms with Crippen LogP contribution in [0.4, 0.5) is 4.79 Å². The van der Waals surface area contributed by atoms with Gasteiger partial charge in [-0.05, 0) is 9.83 Å². The van der Waals surface area contributed by atoms with E-state index < -0.39 is 0 Å². The molecule has 0 aliphatic carbocycles. The fraction of sp³-hybridized carbons (Fsp3) is 0.833. The van der Waals surface area contributed by atoms with Gasteiger partial charge in [-0.2, -0.15) is 0 Å². The first-order chi connectivity index (χ1) is 4.95. The largest absolute Gasteiger partial charge is 0.460 e. The molecule has 0 aromatic rings. The average molecular weight is 212 g/mol. The molecule has 0 radical (unpaired) electrons. The monoisotopic (exact) mass is 212 g/mol. The Labute approximate surface area is 79.0 Å². The van der Waals surface area contributed by atoms with Gasteiger partial charge in [0.15, 0.2) is 0 Å². The molecule has 0 bridgehead atoms. The Morgan fingerprint density at radius 1 is 1.36 bits per heavy atom. The summed E-state index contributed by atoms with van der Waals surface area (Å²) >= 11 is 0. The van der Waals surface area contributed by atoms with Crippen molar-refractivity contribution in [3.05, 3.63) is 0 Å². The SMILES string of the molecule is COC(=O)SSSC(C)(C)C. The molecule has 0 aromatic heterocycles. The smallest absolute Gasteiger partial charge is 0.378 e. The number of ether oxygens (including phenoxy) is 1. The molecule has 0 N–H and O–H groups in total. The highest BCUT2D eigenvalue weighted by molar-refractivity contribution is 9.12. The average Bonchev–Trinajstić information content (AvgIpc) is 1.85. The van der Waals surface area contributed by atoms with Crippen LogP contribution in [-0.2, 0) is 4.74 Å². The summed E-state index contributed by atoms with van der Waals surface area (Å²) < 4.78 is 4.64. The fourth-order valence-electron chi connectivity index (χ4n) is 0.181. The highest BCUT2D eigenvalue weighted by atomic mass is 33.5. The van der Waals surface area contributed by atoms with Crippen LogP contribution in [0.2, 0.25) is 0 Å². The summed E-state index contributed by atoms with van der Waals surface area (Å²) in [5, 5.41) is -0.244. The topological polar surface area (TPSA) is 26.3 Å². The fourth-order valence-corrected chi connectivity index (χ4v) is 4.27. The Morgan fingerprint density at radius 2 is 1.91 bits per heavy atom. The van der Waals surface area contributed by atoms with Crippen molar-refractivity contribution >= 4 is 36.7 Å². The van der Waals surface area contributed by atoms with E-state index in [9.17, 15) is 4.79 Å². The van der Waals surface area contributed by atoms with Crippen LogP contribution in [0.15, 0.2) is 0 Å². The van der Waals surface area contributed by atoms with E-state index in [1.54, 1.807) is 10.8 Å². The minimum atomic E-state index is -0.244. The summed E-state index contributed by atoms with van der Waals surface area (Å²) in [6, 6.07) is 0. The van der Waals surface area contributed by atoms with E-state index in [1.807, 2.05) is 0 Å². The van der Waals surface area contributed by atoms with Gasteiger partial charge in [0.2, 0.25) is 0 Å². The van der Waals surface area contributed by atoms with Crippen molar-refractivity contribution in [1.29, 1.82) is 0 Å². The van der Waals surface area contributed by atoms with Crippen molar-refractivity contribution in [3.8, 4) is 0 Å². The van der Waals surface area contributed by atoms with E-state index in [1.165, 1.54) is 16.9 Å². The van der Waals surface area contributed by atoms with Crippen LogP contribution in [0.1, 0.15) is 20.8 Å². The molecule has 0 spiro atoms. The van der Waals surface area contributed by atoms with Gasteiger partial charge in [0.1, 0.15) is 0 Å². The molecule has 2 nitrogen and oxygen atoms in total. The number of rotatable bonds is 2. The third kappa shape index (κ3) is 8.43.